The highest BCUT2D eigenvalue weighted by atomic mass is 32.1. The number of Topliss-reactive ketones (excluding diaryl/α,β-unsaturated/α-hetero) is 1. The predicted molar refractivity (Wildman–Crippen MR) is 128 cm³/mol. The van der Waals surface area contributed by atoms with Gasteiger partial charge in [-0.3, -0.25) is 9.69 Å². The average Bonchev–Trinajstić information content (AvgIpc) is 3.36. The van der Waals surface area contributed by atoms with Crippen molar-refractivity contribution in [3.63, 3.8) is 0 Å². The van der Waals surface area contributed by atoms with E-state index < -0.39 is 5.92 Å². The van der Waals surface area contributed by atoms with Crippen LogP contribution in [0.25, 0.3) is 0 Å². The molecule has 3 heterocycles. The second-order valence-electron chi connectivity index (χ2n) is 10.3. The molecule has 0 saturated heterocycles. The average molecular weight is 494 g/mol. The Morgan fingerprint density at radius 2 is 1.94 bits per heavy atom. The lowest BCUT2D eigenvalue weighted by molar-refractivity contribution is -0.119. The van der Waals surface area contributed by atoms with Gasteiger partial charge in [0.1, 0.15) is 5.78 Å². The molecule has 1 aliphatic heterocycles. The van der Waals surface area contributed by atoms with Crippen LogP contribution in [0.1, 0.15) is 82.7 Å². The van der Waals surface area contributed by atoms with Crippen LogP contribution in [0.5, 0.6) is 0 Å². The van der Waals surface area contributed by atoms with Gasteiger partial charge < -0.3 is 0 Å². The lowest BCUT2D eigenvalue weighted by Gasteiger charge is -2.33. The number of ketones is 1. The van der Waals surface area contributed by atoms with E-state index in [0.717, 1.165) is 59.0 Å². The SMILES string of the molecule is Cc1ncc(CC(=O)CC2CCC(CCN3CCc4sc(C5CC(F)(F)C5)nc4C3)CC2)s1. The third-order valence-electron chi connectivity index (χ3n) is 7.64. The van der Waals surface area contributed by atoms with Crippen LogP contribution in [0.4, 0.5) is 8.78 Å². The molecule has 0 N–H and O–H groups in total. The van der Waals surface area contributed by atoms with E-state index in [4.69, 9.17) is 4.98 Å². The van der Waals surface area contributed by atoms with E-state index in [1.165, 1.54) is 37.0 Å². The first-order chi connectivity index (χ1) is 15.8. The summed E-state index contributed by atoms with van der Waals surface area (Å²) in [6.07, 6.45) is 10.1. The number of rotatable bonds is 8. The maximum atomic E-state index is 13.2. The van der Waals surface area contributed by atoms with Gasteiger partial charge in [-0.15, -0.1) is 22.7 Å². The molecule has 5 rings (SSSR count). The Labute approximate surface area is 202 Å². The third-order valence-corrected chi connectivity index (χ3v) is 9.87. The molecule has 8 heteroatoms. The van der Waals surface area contributed by atoms with E-state index >= 15 is 0 Å². The van der Waals surface area contributed by atoms with Gasteiger partial charge in [-0.05, 0) is 51.0 Å². The second-order valence-corrected chi connectivity index (χ2v) is 12.8. The van der Waals surface area contributed by atoms with Crippen molar-refractivity contribution < 1.29 is 13.6 Å². The molecule has 2 aromatic heterocycles. The summed E-state index contributed by atoms with van der Waals surface area (Å²) in [6.45, 7) is 4.99. The zero-order chi connectivity index (χ0) is 23.0. The number of alkyl halides is 2. The minimum Gasteiger partial charge on any atom is -0.299 e. The van der Waals surface area contributed by atoms with Crippen molar-refractivity contribution in [2.24, 2.45) is 11.8 Å². The summed E-state index contributed by atoms with van der Waals surface area (Å²) in [5, 5.41) is 1.97. The lowest BCUT2D eigenvalue weighted by Crippen LogP contribution is -2.33. The van der Waals surface area contributed by atoms with Crippen molar-refractivity contribution in [1.29, 1.82) is 0 Å². The monoisotopic (exact) mass is 493 g/mol. The van der Waals surface area contributed by atoms with E-state index in [1.807, 2.05) is 13.1 Å². The highest BCUT2D eigenvalue weighted by Gasteiger charge is 2.47. The number of aryl methyl sites for hydroxylation is 1. The molecule has 33 heavy (non-hydrogen) atoms. The molecule has 4 nitrogen and oxygen atoms in total. The maximum absolute atomic E-state index is 13.2. The molecular formula is C25H33F2N3OS2. The van der Waals surface area contributed by atoms with Crippen LogP contribution >= 0.6 is 22.7 Å². The second kappa shape index (κ2) is 9.78. The van der Waals surface area contributed by atoms with Crippen LogP contribution in [0.3, 0.4) is 0 Å². The van der Waals surface area contributed by atoms with Crippen molar-refractivity contribution in [2.75, 3.05) is 13.1 Å². The molecule has 2 fully saturated rings. The molecule has 0 spiro atoms. The Morgan fingerprint density at radius 3 is 2.64 bits per heavy atom. The van der Waals surface area contributed by atoms with Crippen LogP contribution in [-0.2, 0) is 24.2 Å². The van der Waals surface area contributed by atoms with E-state index in [1.54, 1.807) is 22.7 Å². The number of nitrogens with zero attached hydrogens (tertiary/aromatic N) is 3. The summed E-state index contributed by atoms with van der Waals surface area (Å²) in [5.74, 6) is -0.843. The number of fused-ring (bicyclic) bond motifs is 1. The van der Waals surface area contributed by atoms with Gasteiger partial charge in [0.15, 0.2) is 0 Å². The summed E-state index contributed by atoms with van der Waals surface area (Å²) in [7, 11) is 0. The van der Waals surface area contributed by atoms with E-state index in [2.05, 4.69) is 9.88 Å². The number of thiazole rings is 2. The van der Waals surface area contributed by atoms with Crippen molar-refractivity contribution in [3.05, 3.63) is 31.7 Å². The summed E-state index contributed by atoms with van der Waals surface area (Å²) in [6, 6.07) is 0. The van der Waals surface area contributed by atoms with Crippen LogP contribution < -0.4 is 0 Å². The lowest BCUT2D eigenvalue weighted by atomic mass is 9.78. The van der Waals surface area contributed by atoms with Crippen LogP contribution in [-0.4, -0.2) is 39.7 Å². The normalized spacial score (nSPS) is 25.5. The first-order valence-electron chi connectivity index (χ1n) is 12.3. The van der Waals surface area contributed by atoms with Crippen LogP contribution in [0, 0.1) is 18.8 Å². The number of halogens is 2. The molecule has 0 radical (unpaired) electrons. The third kappa shape index (κ3) is 5.88. The fourth-order valence-electron chi connectivity index (χ4n) is 5.64. The maximum Gasteiger partial charge on any atom is 0.249 e. The molecule has 180 valence electrons. The molecular weight excluding hydrogens is 460 g/mol. The standard InChI is InChI=1S/C25H33F2N3OS2/c1-16-28-14-21(32-16)11-20(31)10-18-4-2-17(3-5-18)6-8-30-9-7-23-22(15-30)29-24(33-23)19-12-25(26,27)13-19/h14,17-19H,2-13,15H2,1H3. The van der Waals surface area contributed by atoms with Gasteiger partial charge in [0, 0.05) is 60.6 Å². The highest BCUT2D eigenvalue weighted by Crippen LogP contribution is 2.49. The molecule has 2 saturated carbocycles. The quantitative estimate of drug-likeness (QED) is 0.441. The van der Waals surface area contributed by atoms with Crippen molar-refractivity contribution >= 4 is 28.5 Å². The minimum absolute atomic E-state index is 0.0255. The minimum atomic E-state index is -2.48. The van der Waals surface area contributed by atoms with Gasteiger partial charge in [0.05, 0.1) is 15.7 Å². The number of carbonyl (C=O) groups is 1. The fourth-order valence-corrected chi connectivity index (χ4v) is 7.63. The molecule has 0 bridgehead atoms. The van der Waals surface area contributed by atoms with Crippen LogP contribution in [0.15, 0.2) is 6.20 Å². The first-order valence-corrected chi connectivity index (χ1v) is 14.0. The molecule has 2 aliphatic carbocycles. The van der Waals surface area contributed by atoms with Gasteiger partial charge >= 0.3 is 0 Å². The van der Waals surface area contributed by atoms with Crippen LogP contribution in [0.2, 0.25) is 0 Å². The Kier molecular flexibility index (Phi) is 6.96. The molecule has 3 aliphatic rings. The summed E-state index contributed by atoms with van der Waals surface area (Å²) < 4.78 is 26.4. The molecule has 0 aromatic carbocycles. The fraction of sp³-hybridized carbons (Fsp3) is 0.720. The molecule has 0 amide bonds. The zero-order valence-electron chi connectivity index (χ0n) is 19.3. The molecule has 2 aromatic rings. The number of carbonyl (C=O) groups excluding carboxylic acids is 1. The smallest absolute Gasteiger partial charge is 0.249 e. The van der Waals surface area contributed by atoms with Gasteiger partial charge in [-0.25, -0.2) is 18.7 Å². The largest absolute Gasteiger partial charge is 0.299 e. The van der Waals surface area contributed by atoms with Gasteiger partial charge in [0.2, 0.25) is 5.92 Å². The highest BCUT2D eigenvalue weighted by molar-refractivity contribution is 7.12. The number of hydrogen-bond acceptors (Lipinski definition) is 6. The molecule has 0 unspecified atom stereocenters. The summed E-state index contributed by atoms with van der Waals surface area (Å²) in [5.41, 5.74) is 1.13. The Morgan fingerprint density at radius 1 is 1.18 bits per heavy atom. The predicted octanol–water partition coefficient (Wildman–Crippen LogP) is 6.18. The van der Waals surface area contributed by atoms with E-state index in [9.17, 15) is 13.6 Å². The number of hydrogen-bond donors (Lipinski definition) is 0. The zero-order valence-corrected chi connectivity index (χ0v) is 21.0. The topological polar surface area (TPSA) is 46.1 Å². The Balaban J connectivity index is 1.02. The van der Waals surface area contributed by atoms with Crippen molar-refractivity contribution in [3.8, 4) is 0 Å². The van der Waals surface area contributed by atoms with Crippen molar-refractivity contribution in [1.82, 2.24) is 14.9 Å². The molecule has 0 atom stereocenters. The van der Waals surface area contributed by atoms with Gasteiger partial charge in [-0.2, -0.15) is 0 Å². The number of aromatic nitrogens is 2. The Bertz CT molecular complexity index is 972. The van der Waals surface area contributed by atoms with Crippen molar-refractivity contribution in [2.45, 2.75) is 89.5 Å². The van der Waals surface area contributed by atoms with E-state index in [0.29, 0.717) is 18.1 Å². The first kappa shape index (κ1) is 23.5. The Hall–Kier alpha value is -1.25. The van der Waals surface area contributed by atoms with E-state index in [-0.39, 0.29) is 18.8 Å². The van der Waals surface area contributed by atoms with Gasteiger partial charge in [0.25, 0.3) is 0 Å². The summed E-state index contributed by atoms with van der Waals surface area (Å²) in [4.78, 5) is 26.3. The van der Waals surface area contributed by atoms with Gasteiger partial charge in [-0.1, -0.05) is 12.8 Å². The summed E-state index contributed by atoms with van der Waals surface area (Å²) >= 11 is 3.30.